The average Bonchev–Trinajstić information content (AvgIpc) is 2.91. The molecule has 120 valence electrons. The van der Waals surface area contributed by atoms with Gasteiger partial charge in [-0.05, 0) is 49.6 Å². The number of nitrogens with zero attached hydrogens (tertiary/aromatic N) is 1. The number of amides is 2. The van der Waals surface area contributed by atoms with Gasteiger partial charge in [-0.3, -0.25) is 9.59 Å². The van der Waals surface area contributed by atoms with E-state index in [1.807, 2.05) is 18.2 Å². The van der Waals surface area contributed by atoms with Crippen molar-refractivity contribution >= 4 is 35.6 Å². The molecule has 1 aromatic carbocycles. The van der Waals surface area contributed by atoms with Crippen LogP contribution in [0.25, 0.3) is 0 Å². The van der Waals surface area contributed by atoms with Gasteiger partial charge in [0.25, 0.3) is 0 Å². The number of fused-ring (bicyclic) bond motifs is 1. The van der Waals surface area contributed by atoms with E-state index in [1.54, 1.807) is 11.8 Å². The third-order valence-electron chi connectivity index (χ3n) is 4.25. The van der Waals surface area contributed by atoms with Gasteiger partial charge in [-0.1, -0.05) is 6.42 Å². The van der Waals surface area contributed by atoms with Gasteiger partial charge in [-0.2, -0.15) is 0 Å². The molecule has 2 aliphatic rings. The molecule has 2 heterocycles. The number of nitrogens with one attached hydrogen (secondary N) is 2. The summed E-state index contributed by atoms with van der Waals surface area (Å²) in [7, 11) is 0. The Labute approximate surface area is 136 Å². The molecular formula is C16H22ClN3O2. The molecule has 5 nitrogen and oxygen atoms in total. The number of benzene rings is 1. The van der Waals surface area contributed by atoms with Crippen LogP contribution in [0.15, 0.2) is 18.2 Å². The Morgan fingerprint density at radius 1 is 1.32 bits per heavy atom. The lowest BCUT2D eigenvalue weighted by atomic mass is 10.0. The summed E-state index contributed by atoms with van der Waals surface area (Å²) in [6.45, 7) is 3.22. The maximum absolute atomic E-state index is 12.2. The highest BCUT2D eigenvalue weighted by atomic mass is 35.5. The maximum Gasteiger partial charge on any atom is 0.241 e. The van der Waals surface area contributed by atoms with Crippen molar-refractivity contribution in [3.63, 3.8) is 0 Å². The van der Waals surface area contributed by atoms with Crippen molar-refractivity contribution in [2.45, 2.75) is 38.6 Å². The molecule has 2 N–H and O–H groups in total. The van der Waals surface area contributed by atoms with Crippen LogP contribution in [0, 0.1) is 0 Å². The van der Waals surface area contributed by atoms with Crippen LogP contribution in [0.4, 0.5) is 11.4 Å². The number of halogens is 1. The first kappa shape index (κ1) is 16.8. The van der Waals surface area contributed by atoms with E-state index in [9.17, 15) is 9.59 Å². The number of piperidine rings is 1. The molecule has 1 fully saturated rings. The third kappa shape index (κ3) is 3.42. The molecule has 2 amide bonds. The molecule has 6 heteroatoms. The highest BCUT2D eigenvalue weighted by molar-refractivity contribution is 5.97. The highest BCUT2D eigenvalue weighted by Crippen LogP contribution is 2.30. The average molecular weight is 324 g/mol. The van der Waals surface area contributed by atoms with Gasteiger partial charge in [-0.15, -0.1) is 12.4 Å². The fourth-order valence-electron chi connectivity index (χ4n) is 3.11. The first-order valence-electron chi connectivity index (χ1n) is 7.60. The molecule has 0 aromatic heterocycles. The van der Waals surface area contributed by atoms with E-state index in [-0.39, 0.29) is 30.3 Å². The van der Waals surface area contributed by atoms with Crippen LogP contribution in [0.5, 0.6) is 0 Å². The number of rotatable bonds is 2. The molecule has 0 aliphatic carbocycles. The summed E-state index contributed by atoms with van der Waals surface area (Å²) in [6.07, 6.45) is 3.99. The molecule has 1 saturated heterocycles. The fourth-order valence-corrected chi connectivity index (χ4v) is 3.11. The number of carbonyl (C=O) groups excluding carboxylic acids is 2. The molecule has 1 aromatic rings. The molecule has 1 atom stereocenters. The summed E-state index contributed by atoms with van der Waals surface area (Å²) in [4.78, 5) is 25.5. The number of carbonyl (C=O) groups is 2. The van der Waals surface area contributed by atoms with E-state index in [4.69, 9.17) is 0 Å². The van der Waals surface area contributed by atoms with Gasteiger partial charge in [0, 0.05) is 24.8 Å². The zero-order valence-electron chi connectivity index (χ0n) is 12.7. The zero-order valence-corrected chi connectivity index (χ0v) is 13.5. The van der Waals surface area contributed by atoms with Crippen LogP contribution < -0.4 is 15.5 Å². The number of anilines is 2. The third-order valence-corrected chi connectivity index (χ3v) is 4.25. The van der Waals surface area contributed by atoms with Gasteiger partial charge >= 0.3 is 0 Å². The highest BCUT2D eigenvalue weighted by Gasteiger charge is 2.24. The molecule has 0 spiro atoms. The summed E-state index contributed by atoms with van der Waals surface area (Å²) in [5.74, 6) is 0.105. The minimum atomic E-state index is -0.0827. The zero-order chi connectivity index (χ0) is 14.8. The summed E-state index contributed by atoms with van der Waals surface area (Å²) < 4.78 is 0. The summed E-state index contributed by atoms with van der Waals surface area (Å²) in [6, 6.07) is 5.70. The van der Waals surface area contributed by atoms with Crippen LogP contribution in [0.3, 0.4) is 0 Å². The topological polar surface area (TPSA) is 61.4 Å². The van der Waals surface area contributed by atoms with Crippen LogP contribution in [0.1, 0.15) is 31.7 Å². The van der Waals surface area contributed by atoms with Crippen LogP contribution in [-0.2, 0) is 16.0 Å². The van der Waals surface area contributed by atoms with E-state index in [0.29, 0.717) is 0 Å². The molecule has 22 heavy (non-hydrogen) atoms. The van der Waals surface area contributed by atoms with Crippen molar-refractivity contribution in [2.75, 3.05) is 23.3 Å². The number of hydrogen-bond donors (Lipinski definition) is 2. The second-order valence-corrected chi connectivity index (χ2v) is 5.76. The van der Waals surface area contributed by atoms with E-state index < -0.39 is 0 Å². The monoisotopic (exact) mass is 323 g/mol. The predicted molar refractivity (Wildman–Crippen MR) is 89.7 cm³/mol. The lowest BCUT2D eigenvalue weighted by molar-refractivity contribution is -0.118. The lowest BCUT2D eigenvalue weighted by Crippen LogP contribution is -2.43. The Balaban J connectivity index is 0.00000176. The van der Waals surface area contributed by atoms with E-state index in [0.717, 1.165) is 55.7 Å². The van der Waals surface area contributed by atoms with Gasteiger partial charge < -0.3 is 15.5 Å². The molecule has 2 aliphatic heterocycles. The number of hydrogen-bond acceptors (Lipinski definition) is 3. The fraction of sp³-hybridized carbons (Fsp3) is 0.500. The normalized spacial score (nSPS) is 20.0. The molecular weight excluding hydrogens is 302 g/mol. The Kier molecular flexibility index (Phi) is 5.42. The smallest absolute Gasteiger partial charge is 0.241 e. The maximum atomic E-state index is 12.2. The Morgan fingerprint density at radius 2 is 2.14 bits per heavy atom. The van der Waals surface area contributed by atoms with Gasteiger partial charge in [0.1, 0.15) is 0 Å². The standard InChI is InChI=1S/C16H21N3O2.ClH/c1-11(20)19-9-7-12-10-13(5-6-15(12)19)18-16(21)14-4-2-3-8-17-14;/h5-6,10,14,17H,2-4,7-9H2,1H3,(H,18,21);1H. The van der Waals surface area contributed by atoms with Crippen LogP contribution >= 0.6 is 12.4 Å². The first-order valence-corrected chi connectivity index (χ1v) is 7.60. The quantitative estimate of drug-likeness (QED) is 0.876. The van der Waals surface area contributed by atoms with Gasteiger partial charge in [0.05, 0.1) is 6.04 Å². The largest absolute Gasteiger partial charge is 0.325 e. The second-order valence-electron chi connectivity index (χ2n) is 5.76. The molecule has 0 saturated carbocycles. The SMILES string of the molecule is CC(=O)N1CCc2cc(NC(=O)C3CCCCN3)ccc21.Cl. The Morgan fingerprint density at radius 3 is 2.82 bits per heavy atom. The summed E-state index contributed by atoms with van der Waals surface area (Å²) >= 11 is 0. The van der Waals surface area contributed by atoms with Crippen molar-refractivity contribution in [3.05, 3.63) is 23.8 Å². The van der Waals surface area contributed by atoms with Gasteiger partial charge in [-0.25, -0.2) is 0 Å². The molecule has 1 unspecified atom stereocenters. The lowest BCUT2D eigenvalue weighted by Gasteiger charge is -2.22. The van der Waals surface area contributed by atoms with Gasteiger partial charge in [0.2, 0.25) is 11.8 Å². The summed E-state index contributed by atoms with van der Waals surface area (Å²) in [5, 5.41) is 6.23. The van der Waals surface area contributed by atoms with Crippen molar-refractivity contribution in [3.8, 4) is 0 Å². The predicted octanol–water partition coefficient (Wildman–Crippen LogP) is 2.10. The van der Waals surface area contributed by atoms with Crippen LogP contribution in [-0.4, -0.2) is 30.9 Å². The van der Waals surface area contributed by atoms with E-state index >= 15 is 0 Å². The summed E-state index contributed by atoms with van der Waals surface area (Å²) in [5.41, 5.74) is 2.91. The minimum Gasteiger partial charge on any atom is -0.325 e. The minimum absolute atomic E-state index is 0. The van der Waals surface area contributed by atoms with Crippen molar-refractivity contribution in [2.24, 2.45) is 0 Å². The Hall–Kier alpha value is -1.59. The van der Waals surface area contributed by atoms with Crippen molar-refractivity contribution in [1.29, 1.82) is 0 Å². The van der Waals surface area contributed by atoms with Crippen molar-refractivity contribution < 1.29 is 9.59 Å². The Bertz CT molecular complexity index is 571. The first-order chi connectivity index (χ1) is 10.1. The second kappa shape index (κ2) is 7.11. The van der Waals surface area contributed by atoms with Crippen LogP contribution in [0.2, 0.25) is 0 Å². The van der Waals surface area contributed by atoms with E-state index in [1.165, 1.54) is 0 Å². The van der Waals surface area contributed by atoms with E-state index in [2.05, 4.69) is 10.6 Å². The van der Waals surface area contributed by atoms with Gasteiger partial charge in [0.15, 0.2) is 0 Å². The molecule has 0 radical (unpaired) electrons. The molecule has 0 bridgehead atoms. The van der Waals surface area contributed by atoms with Crippen molar-refractivity contribution in [1.82, 2.24) is 5.32 Å². The molecule has 3 rings (SSSR count).